The van der Waals surface area contributed by atoms with Crippen molar-refractivity contribution in [2.24, 2.45) is 0 Å². The fourth-order valence-corrected chi connectivity index (χ4v) is 6.60. The van der Waals surface area contributed by atoms with E-state index in [9.17, 15) is 8.42 Å². The highest BCUT2D eigenvalue weighted by molar-refractivity contribution is 7.90. The first-order valence-corrected chi connectivity index (χ1v) is 14.1. The Hall–Kier alpha value is -3.53. The number of morpholine rings is 1. The molecule has 0 unspecified atom stereocenters. The topological polar surface area (TPSA) is 77.3 Å². The fraction of sp³-hybridized carbons (Fsp3) is 0.185. The van der Waals surface area contributed by atoms with Gasteiger partial charge in [0.1, 0.15) is 5.82 Å². The van der Waals surface area contributed by atoms with Crippen molar-refractivity contribution in [3.8, 4) is 22.3 Å². The number of rotatable bonds is 5. The van der Waals surface area contributed by atoms with Crippen molar-refractivity contribution in [2.75, 3.05) is 31.2 Å². The summed E-state index contributed by atoms with van der Waals surface area (Å²) in [7, 11) is -3.89. The van der Waals surface area contributed by atoms with Crippen LogP contribution in [-0.4, -0.2) is 48.7 Å². The SMILES string of the molecule is Cc1ccc(S(=O)(=O)n2cc(-c3cccnc3N3CCOCC3)c3c(-c4ccsc4)ccnc32)cc1. The molecule has 182 valence electrons. The summed E-state index contributed by atoms with van der Waals surface area (Å²) >= 11 is 1.60. The monoisotopic (exact) mass is 516 g/mol. The largest absolute Gasteiger partial charge is 0.378 e. The summed E-state index contributed by atoms with van der Waals surface area (Å²) in [4.78, 5) is 11.7. The molecule has 1 aromatic carbocycles. The summed E-state index contributed by atoms with van der Waals surface area (Å²) in [6.07, 6.45) is 5.14. The zero-order chi connectivity index (χ0) is 24.7. The van der Waals surface area contributed by atoms with Gasteiger partial charge in [-0.3, -0.25) is 0 Å². The molecule has 0 aliphatic carbocycles. The Kier molecular flexibility index (Phi) is 5.83. The van der Waals surface area contributed by atoms with E-state index in [0.717, 1.165) is 52.1 Å². The van der Waals surface area contributed by atoms with E-state index in [-0.39, 0.29) is 4.90 Å². The van der Waals surface area contributed by atoms with Crippen LogP contribution in [0.15, 0.2) is 82.8 Å². The van der Waals surface area contributed by atoms with Crippen molar-refractivity contribution < 1.29 is 13.2 Å². The Morgan fingerprint density at radius 1 is 0.917 bits per heavy atom. The van der Waals surface area contributed by atoms with E-state index >= 15 is 0 Å². The quantitative estimate of drug-likeness (QED) is 0.319. The molecule has 1 saturated heterocycles. The lowest BCUT2D eigenvalue weighted by molar-refractivity contribution is 0.122. The van der Waals surface area contributed by atoms with Gasteiger partial charge in [-0.05, 0) is 65.2 Å². The van der Waals surface area contributed by atoms with Crippen molar-refractivity contribution >= 4 is 38.2 Å². The van der Waals surface area contributed by atoms with Crippen LogP contribution in [0, 0.1) is 6.92 Å². The molecular formula is C27H24N4O3S2. The van der Waals surface area contributed by atoms with Gasteiger partial charge in [0, 0.05) is 48.2 Å². The number of hydrogen-bond donors (Lipinski definition) is 0. The first-order chi connectivity index (χ1) is 17.5. The maximum absolute atomic E-state index is 13.9. The smallest absolute Gasteiger partial charge is 0.269 e. The number of hydrogen-bond acceptors (Lipinski definition) is 7. The Bertz CT molecular complexity index is 1640. The number of pyridine rings is 2. The molecule has 0 amide bonds. The summed E-state index contributed by atoms with van der Waals surface area (Å²) in [6.45, 7) is 4.63. The third-order valence-corrected chi connectivity index (χ3v) is 8.80. The molecule has 5 heterocycles. The summed E-state index contributed by atoms with van der Waals surface area (Å²) in [5, 5.41) is 4.87. The van der Waals surface area contributed by atoms with E-state index in [1.54, 1.807) is 54.2 Å². The van der Waals surface area contributed by atoms with E-state index in [2.05, 4.69) is 15.3 Å². The van der Waals surface area contributed by atoms with E-state index in [1.807, 2.05) is 36.6 Å². The Balaban J connectivity index is 1.64. The summed E-state index contributed by atoms with van der Waals surface area (Å²) in [5.74, 6) is 0.813. The van der Waals surface area contributed by atoms with Crippen LogP contribution in [0.4, 0.5) is 5.82 Å². The lowest BCUT2D eigenvalue weighted by Gasteiger charge is -2.29. The van der Waals surface area contributed by atoms with Gasteiger partial charge in [0.05, 0.1) is 18.1 Å². The molecular weight excluding hydrogens is 492 g/mol. The normalized spacial score (nSPS) is 14.4. The molecule has 0 atom stereocenters. The molecule has 0 spiro atoms. The van der Waals surface area contributed by atoms with Crippen LogP contribution >= 0.6 is 11.3 Å². The predicted octanol–water partition coefficient (Wildman–Crippen LogP) is 5.21. The number of fused-ring (bicyclic) bond motifs is 1. The third-order valence-electron chi connectivity index (χ3n) is 6.45. The summed E-state index contributed by atoms with van der Waals surface area (Å²) in [6, 6.07) is 14.8. The molecule has 4 aromatic heterocycles. The maximum atomic E-state index is 13.9. The molecule has 0 radical (unpaired) electrons. The Morgan fingerprint density at radius 2 is 1.72 bits per heavy atom. The molecule has 1 fully saturated rings. The molecule has 0 bridgehead atoms. The van der Waals surface area contributed by atoms with E-state index in [0.29, 0.717) is 18.9 Å². The van der Waals surface area contributed by atoms with Gasteiger partial charge < -0.3 is 9.64 Å². The number of benzene rings is 1. The third kappa shape index (κ3) is 3.89. The molecule has 1 aliphatic rings. The van der Waals surface area contributed by atoms with Crippen molar-refractivity contribution in [3.05, 3.63) is 83.4 Å². The van der Waals surface area contributed by atoms with Crippen molar-refractivity contribution in [2.45, 2.75) is 11.8 Å². The Labute approximate surface area is 213 Å². The highest BCUT2D eigenvalue weighted by Gasteiger charge is 2.27. The first-order valence-electron chi connectivity index (χ1n) is 11.7. The number of thiophene rings is 1. The summed E-state index contributed by atoms with van der Waals surface area (Å²) < 4.78 is 34.6. The minimum Gasteiger partial charge on any atom is -0.378 e. The van der Waals surface area contributed by atoms with Gasteiger partial charge in [-0.15, -0.1) is 0 Å². The molecule has 0 N–H and O–H groups in total. The second-order valence-electron chi connectivity index (χ2n) is 8.70. The standard InChI is InChI=1S/C27H24N4O3S2/c1-19-4-6-21(7-5-19)36(32,33)31-17-24(23-3-2-10-28-26(23)30-12-14-34-15-13-30)25-22(8-11-29-27(25)31)20-9-16-35-18-20/h2-11,16-18H,12-15H2,1H3. The number of nitrogens with zero attached hydrogens (tertiary/aromatic N) is 4. The molecule has 36 heavy (non-hydrogen) atoms. The van der Waals surface area contributed by atoms with Crippen LogP contribution in [0.25, 0.3) is 33.3 Å². The zero-order valence-electron chi connectivity index (χ0n) is 19.7. The van der Waals surface area contributed by atoms with Crippen LogP contribution in [0.3, 0.4) is 0 Å². The lowest BCUT2D eigenvalue weighted by Crippen LogP contribution is -2.37. The summed E-state index contributed by atoms with van der Waals surface area (Å²) in [5.41, 5.74) is 5.00. The molecule has 1 aliphatic heterocycles. The molecule has 9 heteroatoms. The number of ether oxygens (including phenoxy) is 1. The second-order valence-corrected chi connectivity index (χ2v) is 11.3. The van der Waals surface area contributed by atoms with Gasteiger partial charge in [0.25, 0.3) is 10.0 Å². The maximum Gasteiger partial charge on any atom is 0.269 e. The molecule has 6 rings (SSSR count). The van der Waals surface area contributed by atoms with Gasteiger partial charge >= 0.3 is 0 Å². The lowest BCUT2D eigenvalue weighted by atomic mass is 9.99. The number of anilines is 1. The van der Waals surface area contributed by atoms with Gasteiger partial charge in [0.2, 0.25) is 0 Å². The Morgan fingerprint density at radius 3 is 2.47 bits per heavy atom. The van der Waals surface area contributed by atoms with E-state index < -0.39 is 10.0 Å². The van der Waals surface area contributed by atoms with Crippen molar-refractivity contribution in [3.63, 3.8) is 0 Å². The van der Waals surface area contributed by atoms with Crippen LogP contribution in [-0.2, 0) is 14.8 Å². The molecule has 5 aromatic rings. The average molecular weight is 517 g/mol. The fourth-order valence-electron chi connectivity index (χ4n) is 4.63. The predicted molar refractivity (Wildman–Crippen MR) is 143 cm³/mol. The number of aromatic nitrogens is 3. The van der Waals surface area contributed by atoms with Crippen LogP contribution in [0.1, 0.15) is 5.56 Å². The first kappa shape index (κ1) is 22.9. The van der Waals surface area contributed by atoms with E-state index in [1.165, 1.54) is 3.97 Å². The van der Waals surface area contributed by atoms with Crippen LogP contribution in [0.5, 0.6) is 0 Å². The van der Waals surface area contributed by atoms with Crippen molar-refractivity contribution in [1.29, 1.82) is 0 Å². The van der Waals surface area contributed by atoms with Gasteiger partial charge in [0.15, 0.2) is 5.65 Å². The van der Waals surface area contributed by atoms with E-state index in [4.69, 9.17) is 9.72 Å². The highest BCUT2D eigenvalue weighted by atomic mass is 32.2. The average Bonchev–Trinajstić information content (AvgIpc) is 3.58. The van der Waals surface area contributed by atoms with Gasteiger partial charge in [-0.2, -0.15) is 11.3 Å². The van der Waals surface area contributed by atoms with Crippen molar-refractivity contribution in [1.82, 2.24) is 13.9 Å². The second kappa shape index (κ2) is 9.16. The minimum atomic E-state index is -3.89. The number of aryl methyl sites for hydroxylation is 1. The highest BCUT2D eigenvalue weighted by Crippen LogP contribution is 2.41. The van der Waals surface area contributed by atoms with Crippen LogP contribution < -0.4 is 4.90 Å². The minimum absolute atomic E-state index is 0.221. The van der Waals surface area contributed by atoms with Crippen LogP contribution in [0.2, 0.25) is 0 Å². The van der Waals surface area contributed by atoms with Gasteiger partial charge in [-0.25, -0.2) is 22.4 Å². The molecule has 0 saturated carbocycles. The zero-order valence-corrected chi connectivity index (χ0v) is 21.3. The molecule has 7 nitrogen and oxygen atoms in total. The van der Waals surface area contributed by atoms with Gasteiger partial charge in [-0.1, -0.05) is 17.7 Å².